The molecule has 0 spiro atoms. The molecule has 1 aromatic heterocycles. The average Bonchev–Trinajstić information content (AvgIpc) is 3.16. The molecular formula is C26H36N4O6S. The summed E-state index contributed by atoms with van der Waals surface area (Å²) < 4.78 is 40.7. The number of fused-ring (bicyclic) bond motifs is 1. The van der Waals surface area contributed by atoms with Crippen LogP contribution in [0.3, 0.4) is 0 Å². The van der Waals surface area contributed by atoms with Gasteiger partial charge in [0.05, 0.1) is 36.0 Å². The zero-order valence-corrected chi connectivity index (χ0v) is 22.9. The van der Waals surface area contributed by atoms with Crippen LogP contribution >= 0.6 is 0 Å². The molecule has 1 N–H and O–H groups in total. The molecule has 0 unspecified atom stereocenters. The highest BCUT2D eigenvalue weighted by molar-refractivity contribution is 7.89. The molecule has 202 valence electrons. The van der Waals surface area contributed by atoms with Crippen molar-refractivity contribution >= 4 is 28.0 Å². The third-order valence-corrected chi connectivity index (χ3v) is 7.83. The highest BCUT2D eigenvalue weighted by Crippen LogP contribution is 2.25. The van der Waals surface area contributed by atoms with E-state index in [0.717, 1.165) is 27.1 Å². The van der Waals surface area contributed by atoms with Crippen LogP contribution < -0.4 is 5.32 Å². The lowest BCUT2D eigenvalue weighted by molar-refractivity contribution is -0.150. The summed E-state index contributed by atoms with van der Waals surface area (Å²) in [5.41, 5.74) is 2.86. The Hall–Kier alpha value is -3.18. The first-order valence-electron chi connectivity index (χ1n) is 12.5. The third kappa shape index (κ3) is 6.78. The minimum Gasteiger partial charge on any atom is -0.465 e. The van der Waals surface area contributed by atoms with Crippen LogP contribution in [-0.2, 0) is 42.2 Å². The minimum absolute atomic E-state index is 0.0212. The first kappa shape index (κ1) is 28.4. The number of carbonyl (C=O) groups excluding carboxylic acids is 2. The van der Waals surface area contributed by atoms with E-state index in [9.17, 15) is 18.0 Å². The molecule has 1 aliphatic rings. The van der Waals surface area contributed by atoms with Gasteiger partial charge in [-0.1, -0.05) is 26.0 Å². The van der Waals surface area contributed by atoms with Crippen LogP contribution in [-0.4, -0.2) is 60.0 Å². The summed E-state index contributed by atoms with van der Waals surface area (Å²) in [6.07, 6.45) is 4.04. The van der Waals surface area contributed by atoms with Crippen LogP contribution in [0.15, 0.2) is 35.4 Å². The number of sulfonamides is 1. The second kappa shape index (κ2) is 12.4. The van der Waals surface area contributed by atoms with Crippen molar-refractivity contribution in [2.24, 2.45) is 5.92 Å². The minimum atomic E-state index is -4.23. The van der Waals surface area contributed by atoms with Crippen molar-refractivity contribution in [2.75, 3.05) is 19.8 Å². The van der Waals surface area contributed by atoms with E-state index >= 15 is 0 Å². The molecule has 0 aliphatic carbocycles. The summed E-state index contributed by atoms with van der Waals surface area (Å²) in [5, 5.41) is 3.14. The molecule has 1 aliphatic heterocycles. The average molecular weight is 533 g/mol. The van der Waals surface area contributed by atoms with Crippen molar-refractivity contribution in [3.05, 3.63) is 53.2 Å². The fourth-order valence-electron chi connectivity index (χ4n) is 4.25. The maximum absolute atomic E-state index is 13.8. The van der Waals surface area contributed by atoms with Crippen LogP contribution in [0.5, 0.6) is 0 Å². The van der Waals surface area contributed by atoms with Gasteiger partial charge in [0, 0.05) is 6.54 Å². The Morgan fingerprint density at radius 2 is 1.81 bits per heavy atom. The molecule has 37 heavy (non-hydrogen) atoms. The van der Waals surface area contributed by atoms with Crippen LogP contribution in [0.25, 0.3) is 6.08 Å². The highest BCUT2D eigenvalue weighted by atomic mass is 32.2. The van der Waals surface area contributed by atoms with Crippen molar-refractivity contribution in [3.63, 3.8) is 0 Å². The Morgan fingerprint density at radius 1 is 1.14 bits per heavy atom. The maximum atomic E-state index is 13.8. The lowest BCUT2D eigenvalue weighted by atomic mass is 10.0. The molecule has 0 amide bonds. The number of hydrogen-bond donors (Lipinski definition) is 1. The molecular weight excluding hydrogens is 496 g/mol. The zero-order valence-electron chi connectivity index (χ0n) is 22.1. The third-order valence-electron chi connectivity index (χ3n) is 5.96. The number of ether oxygens (including phenoxy) is 2. The van der Waals surface area contributed by atoms with Crippen molar-refractivity contribution < 1.29 is 27.5 Å². The van der Waals surface area contributed by atoms with E-state index in [1.807, 2.05) is 33.0 Å². The van der Waals surface area contributed by atoms with E-state index in [1.54, 1.807) is 26.0 Å². The van der Waals surface area contributed by atoms with Gasteiger partial charge in [0.25, 0.3) is 0 Å². The Kier molecular flexibility index (Phi) is 9.50. The molecule has 1 aromatic carbocycles. The highest BCUT2D eigenvalue weighted by Gasteiger charge is 2.39. The summed E-state index contributed by atoms with van der Waals surface area (Å²) in [7, 11) is -4.23. The van der Waals surface area contributed by atoms with E-state index < -0.39 is 34.5 Å². The summed E-state index contributed by atoms with van der Waals surface area (Å²) >= 11 is 0. The number of aromatic nitrogens is 2. The summed E-state index contributed by atoms with van der Waals surface area (Å²) in [5.74, 6) is -0.584. The molecule has 11 heteroatoms. The molecule has 0 radical (unpaired) electrons. The van der Waals surface area contributed by atoms with E-state index in [0.29, 0.717) is 13.1 Å². The number of nitrogens with one attached hydrogen (secondary N) is 1. The van der Waals surface area contributed by atoms with Gasteiger partial charge in [-0.25, -0.2) is 13.4 Å². The Bertz CT molecular complexity index is 1230. The SMILES string of the molecule is CCOC(=O)CN([C@@H](CC(C)C)C(=O)OCC)S(=O)(=O)c1ccc(Cn2c(C)nc3c2C=CNC3)cc1. The van der Waals surface area contributed by atoms with Crippen molar-refractivity contribution in [1.82, 2.24) is 19.2 Å². The number of esters is 2. The molecule has 2 heterocycles. The van der Waals surface area contributed by atoms with Crippen molar-refractivity contribution in [3.8, 4) is 0 Å². The smallest absolute Gasteiger partial charge is 0.324 e. The fraction of sp³-hybridized carbons (Fsp3) is 0.500. The monoisotopic (exact) mass is 532 g/mol. The van der Waals surface area contributed by atoms with E-state index in [-0.39, 0.29) is 30.4 Å². The first-order chi connectivity index (χ1) is 17.6. The van der Waals surface area contributed by atoms with E-state index in [1.165, 1.54) is 12.1 Å². The number of aryl methyl sites for hydroxylation is 1. The Balaban J connectivity index is 1.93. The second-order valence-electron chi connectivity index (χ2n) is 9.19. The summed E-state index contributed by atoms with van der Waals surface area (Å²) in [4.78, 5) is 29.8. The molecule has 10 nitrogen and oxygen atoms in total. The topological polar surface area (TPSA) is 120 Å². The first-order valence-corrected chi connectivity index (χ1v) is 13.9. The quantitative estimate of drug-likeness (QED) is 0.415. The molecule has 2 aromatic rings. The number of imidazole rings is 1. The van der Waals surface area contributed by atoms with Gasteiger partial charge < -0.3 is 19.4 Å². The van der Waals surface area contributed by atoms with Gasteiger partial charge in [0.2, 0.25) is 10.0 Å². The molecule has 0 saturated carbocycles. The van der Waals surface area contributed by atoms with Crippen LogP contribution in [0.2, 0.25) is 0 Å². The largest absolute Gasteiger partial charge is 0.465 e. The molecule has 0 fully saturated rings. The van der Waals surface area contributed by atoms with Gasteiger partial charge in [0.1, 0.15) is 18.4 Å². The lowest BCUT2D eigenvalue weighted by Gasteiger charge is -2.29. The number of carbonyl (C=O) groups is 2. The van der Waals surface area contributed by atoms with Gasteiger partial charge in [-0.2, -0.15) is 4.31 Å². The second-order valence-corrected chi connectivity index (χ2v) is 11.1. The fourth-order valence-corrected chi connectivity index (χ4v) is 5.78. The number of nitrogens with zero attached hydrogens (tertiary/aromatic N) is 3. The predicted octanol–water partition coefficient (Wildman–Crippen LogP) is 2.85. The standard InChI is InChI=1S/C26H36N4O6S/c1-6-35-25(31)17-30(24(14-18(3)4)26(32)36-7-2)37(33,34)21-10-8-20(9-11-21)16-29-19(5)28-22-15-27-13-12-23(22)29/h8-13,18,24,27H,6-7,14-17H2,1-5H3/t24-/m0/s1. The van der Waals surface area contributed by atoms with Gasteiger partial charge in [-0.3, -0.25) is 9.59 Å². The predicted molar refractivity (Wildman–Crippen MR) is 139 cm³/mol. The zero-order chi connectivity index (χ0) is 27.2. The van der Waals surface area contributed by atoms with Crippen LogP contribution in [0.1, 0.15) is 56.9 Å². The Labute approximate surface area is 218 Å². The number of benzene rings is 1. The molecule has 1 atom stereocenters. The molecule has 0 bridgehead atoms. The van der Waals surface area contributed by atoms with Gasteiger partial charge in [0.15, 0.2) is 0 Å². The van der Waals surface area contributed by atoms with Gasteiger partial charge in [-0.05, 0) is 63.1 Å². The number of hydrogen-bond acceptors (Lipinski definition) is 8. The van der Waals surface area contributed by atoms with Crippen molar-refractivity contribution in [1.29, 1.82) is 0 Å². The Morgan fingerprint density at radius 3 is 2.43 bits per heavy atom. The van der Waals surface area contributed by atoms with Gasteiger partial charge >= 0.3 is 11.9 Å². The molecule has 3 rings (SSSR count). The number of rotatable bonds is 12. The van der Waals surface area contributed by atoms with Crippen LogP contribution in [0, 0.1) is 12.8 Å². The summed E-state index contributed by atoms with van der Waals surface area (Å²) in [6.45, 7) is 9.75. The van der Waals surface area contributed by atoms with Crippen LogP contribution in [0.4, 0.5) is 0 Å². The summed E-state index contributed by atoms with van der Waals surface area (Å²) in [6, 6.07) is 5.30. The van der Waals surface area contributed by atoms with E-state index in [4.69, 9.17) is 9.47 Å². The van der Waals surface area contributed by atoms with Gasteiger partial charge in [-0.15, -0.1) is 0 Å². The normalized spacial score (nSPS) is 13.8. The maximum Gasteiger partial charge on any atom is 0.324 e. The lowest BCUT2D eigenvalue weighted by Crippen LogP contribution is -2.49. The van der Waals surface area contributed by atoms with Crippen molar-refractivity contribution in [2.45, 2.75) is 65.1 Å². The van der Waals surface area contributed by atoms with E-state index in [2.05, 4.69) is 14.9 Å². The molecule has 0 saturated heterocycles.